The number of furan rings is 1. The van der Waals surface area contributed by atoms with Crippen LogP contribution in [0, 0.1) is 6.92 Å². The molecule has 22 heavy (non-hydrogen) atoms. The summed E-state index contributed by atoms with van der Waals surface area (Å²) in [5.41, 5.74) is 1.15. The average molecular weight is 301 g/mol. The van der Waals surface area contributed by atoms with Gasteiger partial charge in [-0.05, 0) is 38.0 Å². The monoisotopic (exact) mass is 301 g/mol. The van der Waals surface area contributed by atoms with E-state index in [-0.39, 0.29) is 17.8 Å². The molecular weight excluding hydrogens is 282 g/mol. The highest BCUT2D eigenvalue weighted by Gasteiger charge is 2.18. The van der Waals surface area contributed by atoms with Gasteiger partial charge in [-0.15, -0.1) is 0 Å². The number of amides is 1. The van der Waals surface area contributed by atoms with Crippen LogP contribution in [0.4, 0.5) is 0 Å². The van der Waals surface area contributed by atoms with Crippen LogP contribution in [0.5, 0.6) is 11.7 Å². The van der Waals surface area contributed by atoms with Gasteiger partial charge in [0.25, 0.3) is 11.9 Å². The zero-order chi connectivity index (χ0) is 15.4. The van der Waals surface area contributed by atoms with Gasteiger partial charge in [0.2, 0.25) is 0 Å². The van der Waals surface area contributed by atoms with Crippen LogP contribution in [0.3, 0.4) is 0 Å². The molecule has 2 heterocycles. The van der Waals surface area contributed by atoms with Crippen LogP contribution in [-0.4, -0.2) is 25.2 Å². The molecule has 1 fully saturated rings. The Kier molecular flexibility index (Phi) is 4.44. The SMILES string of the molecule is Cc1ccc(Oc2ccc(C(=O)NCC3CCCO3)o2)cc1. The first-order valence-electron chi connectivity index (χ1n) is 7.45. The maximum absolute atomic E-state index is 12.0. The molecule has 1 aromatic carbocycles. The van der Waals surface area contributed by atoms with E-state index in [1.807, 2.05) is 31.2 Å². The van der Waals surface area contributed by atoms with Crippen molar-refractivity contribution in [3.8, 4) is 11.7 Å². The molecule has 116 valence electrons. The predicted molar refractivity (Wildman–Crippen MR) is 81.3 cm³/mol. The highest BCUT2D eigenvalue weighted by atomic mass is 16.6. The molecule has 0 aliphatic carbocycles. The Hall–Kier alpha value is -2.27. The fraction of sp³-hybridized carbons (Fsp3) is 0.353. The van der Waals surface area contributed by atoms with Crippen molar-refractivity contribution in [2.24, 2.45) is 0 Å². The lowest BCUT2D eigenvalue weighted by molar-refractivity contribution is 0.0831. The Balaban J connectivity index is 1.55. The molecule has 0 spiro atoms. The molecule has 0 bridgehead atoms. The number of ether oxygens (including phenoxy) is 2. The summed E-state index contributed by atoms with van der Waals surface area (Å²) in [6.07, 6.45) is 2.15. The van der Waals surface area contributed by atoms with Crippen LogP contribution in [0.25, 0.3) is 0 Å². The van der Waals surface area contributed by atoms with Crippen LogP contribution in [-0.2, 0) is 4.74 Å². The molecule has 0 radical (unpaired) electrons. The standard InChI is InChI=1S/C17H19NO4/c1-12-4-6-13(7-5-12)21-16-9-8-15(22-16)17(19)18-11-14-3-2-10-20-14/h4-9,14H,2-3,10-11H2,1H3,(H,18,19). The Morgan fingerprint density at radius 2 is 2.09 bits per heavy atom. The molecule has 0 saturated carbocycles. The first-order valence-corrected chi connectivity index (χ1v) is 7.45. The molecule has 1 unspecified atom stereocenters. The minimum atomic E-state index is -0.255. The molecular formula is C17H19NO4. The second-order valence-electron chi connectivity index (χ2n) is 5.38. The van der Waals surface area contributed by atoms with E-state index in [9.17, 15) is 4.79 Å². The largest absolute Gasteiger partial charge is 0.426 e. The fourth-order valence-electron chi connectivity index (χ4n) is 2.32. The van der Waals surface area contributed by atoms with Crippen LogP contribution >= 0.6 is 0 Å². The molecule has 1 aromatic heterocycles. The molecule has 1 amide bonds. The zero-order valence-corrected chi connectivity index (χ0v) is 12.5. The Labute approximate surface area is 129 Å². The lowest BCUT2D eigenvalue weighted by Crippen LogP contribution is -2.31. The van der Waals surface area contributed by atoms with Crippen molar-refractivity contribution in [3.63, 3.8) is 0 Å². The summed E-state index contributed by atoms with van der Waals surface area (Å²) in [6.45, 7) is 3.29. The van der Waals surface area contributed by atoms with E-state index < -0.39 is 0 Å². The van der Waals surface area contributed by atoms with Crippen molar-refractivity contribution in [1.82, 2.24) is 5.32 Å². The van der Waals surface area contributed by atoms with Gasteiger partial charge < -0.3 is 19.2 Å². The van der Waals surface area contributed by atoms with E-state index in [0.717, 1.165) is 25.0 Å². The molecule has 1 aliphatic rings. The molecule has 3 rings (SSSR count). The third-order valence-electron chi connectivity index (χ3n) is 3.56. The van der Waals surface area contributed by atoms with Gasteiger partial charge in [-0.3, -0.25) is 4.79 Å². The zero-order valence-electron chi connectivity index (χ0n) is 12.5. The highest BCUT2D eigenvalue weighted by molar-refractivity contribution is 5.91. The van der Waals surface area contributed by atoms with Crippen molar-refractivity contribution in [2.75, 3.05) is 13.2 Å². The maximum Gasteiger partial charge on any atom is 0.290 e. The number of hydrogen-bond acceptors (Lipinski definition) is 4. The number of nitrogens with one attached hydrogen (secondary N) is 1. The first-order chi connectivity index (χ1) is 10.7. The quantitative estimate of drug-likeness (QED) is 0.920. The van der Waals surface area contributed by atoms with E-state index in [4.69, 9.17) is 13.9 Å². The summed E-state index contributed by atoms with van der Waals surface area (Å²) in [5, 5.41) is 2.81. The van der Waals surface area contributed by atoms with Gasteiger partial charge in [-0.25, -0.2) is 0 Å². The normalized spacial score (nSPS) is 17.4. The number of carbonyl (C=O) groups is 1. The molecule has 2 aromatic rings. The van der Waals surface area contributed by atoms with Crippen LogP contribution in [0.1, 0.15) is 29.0 Å². The van der Waals surface area contributed by atoms with Crippen molar-refractivity contribution in [1.29, 1.82) is 0 Å². The summed E-state index contributed by atoms with van der Waals surface area (Å²) < 4.78 is 16.5. The average Bonchev–Trinajstić information content (AvgIpc) is 3.19. The Bertz CT molecular complexity index is 626. The summed E-state index contributed by atoms with van der Waals surface area (Å²) >= 11 is 0. The fourth-order valence-corrected chi connectivity index (χ4v) is 2.32. The van der Waals surface area contributed by atoms with E-state index in [1.165, 1.54) is 0 Å². The van der Waals surface area contributed by atoms with Crippen LogP contribution in [0.2, 0.25) is 0 Å². The predicted octanol–water partition coefficient (Wildman–Crippen LogP) is 3.29. The highest BCUT2D eigenvalue weighted by Crippen LogP contribution is 2.24. The minimum absolute atomic E-state index is 0.113. The number of hydrogen-bond donors (Lipinski definition) is 1. The summed E-state index contributed by atoms with van der Waals surface area (Å²) in [6, 6.07) is 10.9. The van der Waals surface area contributed by atoms with E-state index in [1.54, 1.807) is 12.1 Å². The number of aryl methyl sites for hydroxylation is 1. The summed E-state index contributed by atoms with van der Waals surface area (Å²) in [4.78, 5) is 12.0. The lowest BCUT2D eigenvalue weighted by Gasteiger charge is -2.09. The summed E-state index contributed by atoms with van der Waals surface area (Å²) in [5.74, 6) is 0.951. The third-order valence-corrected chi connectivity index (χ3v) is 3.56. The minimum Gasteiger partial charge on any atom is -0.426 e. The van der Waals surface area contributed by atoms with Crippen molar-refractivity contribution in [3.05, 3.63) is 47.7 Å². The molecule has 1 N–H and O–H groups in total. The molecule has 5 nitrogen and oxygen atoms in total. The van der Waals surface area contributed by atoms with E-state index in [2.05, 4.69) is 5.32 Å². The van der Waals surface area contributed by atoms with Crippen LogP contribution < -0.4 is 10.1 Å². The summed E-state index contributed by atoms with van der Waals surface area (Å²) in [7, 11) is 0. The molecule has 1 aliphatic heterocycles. The van der Waals surface area contributed by atoms with Crippen molar-refractivity contribution in [2.45, 2.75) is 25.9 Å². The van der Waals surface area contributed by atoms with Crippen molar-refractivity contribution < 1.29 is 18.7 Å². The molecule has 1 saturated heterocycles. The van der Waals surface area contributed by atoms with Gasteiger partial charge in [0.1, 0.15) is 5.75 Å². The number of rotatable bonds is 5. The van der Waals surface area contributed by atoms with Gasteiger partial charge >= 0.3 is 0 Å². The van der Waals surface area contributed by atoms with Gasteiger partial charge in [-0.2, -0.15) is 0 Å². The number of benzene rings is 1. The van der Waals surface area contributed by atoms with Gasteiger partial charge in [-0.1, -0.05) is 17.7 Å². The van der Waals surface area contributed by atoms with Crippen LogP contribution in [0.15, 0.2) is 40.8 Å². The lowest BCUT2D eigenvalue weighted by atomic mass is 10.2. The second-order valence-corrected chi connectivity index (χ2v) is 5.38. The molecule has 5 heteroatoms. The van der Waals surface area contributed by atoms with E-state index >= 15 is 0 Å². The first kappa shape index (κ1) is 14.7. The van der Waals surface area contributed by atoms with E-state index in [0.29, 0.717) is 18.2 Å². The maximum atomic E-state index is 12.0. The Morgan fingerprint density at radius 3 is 2.82 bits per heavy atom. The van der Waals surface area contributed by atoms with Crippen molar-refractivity contribution >= 4 is 5.91 Å². The number of carbonyl (C=O) groups excluding carboxylic acids is 1. The van der Waals surface area contributed by atoms with Gasteiger partial charge in [0, 0.05) is 19.2 Å². The topological polar surface area (TPSA) is 60.7 Å². The second kappa shape index (κ2) is 6.66. The van der Waals surface area contributed by atoms with Gasteiger partial charge in [0.15, 0.2) is 5.76 Å². The third kappa shape index (κ3) is 3.68. The smallest absolute Gasteiger partial charge is 0.290 e. The molecule has 1 atom stereocenters. The van der Waals surface area contributed by atoms with Gasteiger partial charge in [0.05, 0.1) is 6.10 Å². The Morgan fingerprint density at radius 1 is 1.27 bits per heavy atom.